The molecule has 0 fully saturated rings. The summed E-state index contributed by atoms with van der Waals surface area (Å²) in [5, 5.41) is 5.01. The molecule has 0 amide bonds. The van der Waals surface area contributed by atoms with Gasteiger partial charge in [-0.3, -0.25) is 4.98 Å². The Morgan fingerprint density at radius 3 is 2.75 bits per heavy atom. The lowest BCUT2D eigenvalue weighted by molar-refractivity contribution is 0.628. The third kappa shape index (κ3) is 2.32. The normalized spacial score (nSPS) is 10.7. The average molecular weight is 332 g/mol. The molecule has 20 heavy (non-hydrogen) atoms. The highest BCUT2D eigenvalue weighted by Gasteiger charge is 2.07. The molecular formula is C15H11BrFN3. The molecule has 2 aromatic carbocycles. The first-order valence-corrected chi connectivity index (χ1v) is 6.79. The molecule has 1 aromatic heterocycles. The van der Waals surface area contributed by atoms with E-state index in [1.165, 1.54) is 12.1 Å². The van der Waals surface area contributed by atoms with Crippen molar-refractivity contribution in [2.75, 3.05) is 11.1 Å². The SMILES string of the molecule is Nc1ccc(Nc2cc(F)ccc2Br)c2cnccc12. The van der Waals surface area contributed by atoms with Gasteiger partial charge in [-0.25, -0.2) is 4.39 Å². The molecule has 5 heteroatoms. The number of pyridine rings is 1. The van der Waals surface area contributed by atoms with Crippen LogP contribution in [0, 0.1) is 5.82 Å². The summed E-state index contributed by atoms with van der Waals surface area (Å²) in [5.74, 6) is -0.298. The Morgan fingerprint density at radius 1 is 1.05 bits per heavy atom. The van der Waals surface area contributed by atoms with Gasteiger partial charge < -0.3 is 11.1 Å². The Kier molecular flexibility index (Phi) is 3.28. The van der Waals surface area contributed by atoms with E-state index in [4.69, 9.17) is 5.73 Å². The molecule has 3 nitrogen and oxygen atoms in total. The van der Waals surface area contributed by atoms with Gasteiger partial charge in [0.05, 0.1) is 5.69 Å². The molecule has 0 bridgehead atoms. The maximum Gasteiger partial charge on any atom is 0.125 e. The van der Waals surface area contributed by atoms with E-state index in [-0.39, 0.29) is 5.82 Å². The van der Waals surface area contributed by atoms with Gasteiger partial charge in [0.25, 0.3) is 0 Å². The van der Waals surface area contributed by atoms with Crippen molar-refractivity contribution < 1.29 is 4.39 Å². The number of nitrogens with one attached hydrogen (secondary N) is 1. The lowest BCUT2D eigenvalue weighted by Gasteiger charge is -2.12. The third-order valence-corrected chi connectivity index (χ3v) is 3.74. The highest BCUT2D eigenvalue weighted by Crippen LogP contribution is 2.32. The molecule has 0 aliphatic heterocycles. The van der Waals surface area contributed by atoms with Gasteiger partial charge in [0.1, 0.15) is 5.82 Å². The van der Waals surface area contributed by atoms with Crippen molar-refractivity contribution in [3.05, 3.63) is 59.1 Å². The number of nitrogens with two attached hydrogens (primary N) is 1. The molecule has 1 heterocycles. The van der Waals surface area contributed by atoms with Crippen LogP contribution in [0.5, 0.6) is 0 Å². The molecule has 0 aliphatic rings. The standard InChI is InChI=1S/C15H11BrFN3/c16-12-2-1-9(17)7-15(12)20-14-4-3-13(18)10-5-6-19-8-11(10)14/h1-8,20H,18H2. The van der Waals surface area contributed by atoms with Crippen LogP contribution in [-0.2, 0) is 0 Å². The summed E-state index contributed by atoms with van der Waals surface area (Å²) in [7, 11) is 0. The van der Waals surface area contributed by atoms with Crippen molar-refractivity contribution >= 4 is 43.8 Å². The van der Waals surface area contributed by atoms with Crippen molar-refractivity contribution in [1.29, 1.82) is 0 Å². The van der Waals surface area contributed by atoms with Gasteiger partial charge in [0, 0.05) is 39.0 Å². The maximum absolute atomic E-state index is 13.3. The van der Waals surface area contributed by atoms with E-state index in [9.17, 15) is 4.39 Å². The smallest absolute Gasteiger partial charge is 0.125 e. The molecule has 0 radical (unpaired) electrons. The fraction of sp³-hybridized carbons (Fsp3) is 0. The van der Waals surface area contributed by atoms with E-state index in [0.717, 1.165) is 20.9 Å². The highest BCUT2D eigenvalue weighted by atomic mass is 79.9. The first-order chi connectivity index (χ1) is 9.65. The van der Waals surface area contributed by atoms with Crippen molar-refractivity contribution in [2.45, 2.75) is 0 Å². The van der Waals surface area contributed by atoms with E-state index < -0.39 is 0 Å². The summed E-state index contributed by atoms with van der Waals surface area (Å²) in [4.78, 5) is 4.11. The zero-order valence-electron chi connectivity index (χ0n) is 10.4. The van der Waals surface area contributed by atoms with Crippen LogP contribution in [-0.4, -0.2) is 4.98 Å². The quantitative estimate of drug-likeness (QED) is 0.681. The molecule has 100 valence electrons. The first-order valence-electron chi connectivity index (χ1n) is 5.99. The van der Waals surface area contributed by atoms with Crippen LogP contribution in [0.1, 0.15) is 0 Å². The van der Waals surface area contributed by atoms with Crippen LogP contribution in [0.25, 0.3) is 10.8 Å². The fourth-order valence-electron chi connectivity index (χ4n) is 2.06. The van der Waals surface area contributed by atoms with Crippen LogP contribution >= 0.6 is 15.9 Å². The molecule has 0 spiro atoms. The van der Waals surface area contributed by atoms with Crippen molar-refractivity contribution in [3.63, 3.8) is 0 Å². The van der Waals surface area contributed by atoms with Crippen LogP contribution in [0.15, 0.2) is 53.3 Å². The molecule has 0 unspecified atom stereocenters. The van der Waals surface area contributed by atoms with Gasteiger partial charge in [-0.15, -0.1) is 0 Å². The number of nitrogen functional groups attached to an aromatic ring is 1. The van der Waals surface area contributed by atoms with Gasteiger partial charge >= 0.3 is 0 Å². The summed E-state index contributed by atoms with van der Waals surface area (Å²) < 4.78 is 14.1. The molecule has 3 aromatic rings. The maximum atomic E-state index is 13.3. The number of hydrogen-bond donors (Lipinski definition) is 2. The zero-order chi connectivity index (χ0) is 14.1. The van der Waals surface area contributed by atoms with Gasteiger partial charge in [-0.1, -0.05) is 0 Å². The molecule has 0 saturated heterocycles. The second kappa shape index (κ2) is 5.09. The summed E-state index contributed by atoms with van der Waals surface area (Å²) in [6.45, 7) is 0. The monoisotopic (exact) mass is 331 g/mol. The molecule has 0 saturated carbocycles. The Labute approximate surface area is 123 Å². The first kappa shape index (κ1) is 12.9. The Bertz CT molecular complexity index is 789. The van der Waals surface area contributed by atoms with Crippen molar-refractivity contribution in [3.8, 4) is 0 Å². The van der Waals surface area contributed by atoms with E-state index in [1.54, 1.807) is 18.5 Å². The number of anilines is 3. The van der Waals surface area contributed by atoms with E-state index >= 15 is 0 Å². The third-order valence-electron chi connectivity index (χ3n) is 3.05. The molecular weight excluding hydrogens is 321 g/mol. The van der Waals surface area contributed by atoms with Gasteiger partial charge in [0.2, 0.25) is 0 Å². The topological polar surface area (TPSA) is 50.9 Å². The van der Waals surface area contributed by atoms with Crippen LogP contribution < -0.4 is 11.1 Å². The minimum absolute atomic E-state index is 0.298. The number of rotatable bonds is 2. The number of aromatic nitrogens is 1. The average Bonchev–Trinajstić information content (AvgIpc) is 2.46. The van der Waals surface area contributed by atoms with Crippen LogP contribution in [0.2, 0.25) is 0 Å². The zero-order valence-corrected chi connectivity index (χ0v) is 12.0. The minimum atomic E-state index is -0.298. The van der Waals surface area contributed by atoms with Gasteiger partial charge in [0.15, 0.2) is 0 Å². The molecule has 0 atom stereocenters. The predicted octanol–water partition coefficient (Wildman–Crippen LogP) is 4.46. The summed E-state index contributed by atoms with van der Waals surface area (Å²) >= 11 is 3.40. The molecule has 3 N–H and O–H groups in total. The number of nitrogens with zero attached hydrogens (tertiary/aromatic N) is 1. The second-order valence-electron chi connectivity index (χ2n) is 4.37. The van der Waals surface area contributed by atoms with Crippen molar-refractivity contribution in [1.82, 2.24) is 4.98 Å². The minimum Gasteiger partial charge on any atom is -0.398 e. The number of halogens is 2. The fourth-order valence-corrected chi connectivity index (χ4v) is 2.41. The molecule has 3 rings (SSSR count). The number of hydrogen-bond acceptors (Lipinski definition) is 3. The Balaban J connectivity index is 2.11. The molecule has 0 aliphatic carbocycles. The number of benzene rings is 2. The number of fused-ring (bicyclic) bond motifs is 1. The van der Waals surface area contributed by atoms with Crippen molar-refractivity contribution in [2.24, 2.45) is 0 Å². The predicted molar refractivity (Wildman–Crippen MR) is 83.5 cm³/mol. The largest absolute Gasteiger partial charge is 0.398 e. The lowest BCUT2D eigenvalue weighted by atomic mass is 10.1. The Hall–Kier alpha value is -2.14. The summed E-state index contributed by atoms with van der Waals surface area (Å²) in [5.41, 5.74) is 8.11. The second-order valence-corrected chi connectivity index (χ2v) is 5.23. The van der Waals surface area contributed by atoms with E-state index in [1.807, 2.05) is 18.2 Å². The van der Waals surface area contributed by atoms with Gasteiger partial charge in [-0.05, 0) is 52.3 Å². The van der Waals surface area contributed by atoms with Crippen LogP contribution in [0.4, 0.5) is 21.5 Å². The lowest BCUT2D eigenvalue weighted by Crippen LogP contribution is -1.96. The highest BCUT2D eigenvalue weighted by molar-refractivity contribution is 9.10. The summed E-state index contributed by atoms with van der Waals surface area (Å²) in [6.07, 6.45) is 3.43. The van der Waals surface area contributed by atoms with Crippen LogP contribution in [0.3, 0.4) is 0 Å². The summed E-state index contributed by atoms with van der Waals surface area (Å²) in [6, 6.07) is 10.0. The van der Waals surface area contributed by atoms with E-state index in [0.29, 0.717) is 11.4 Å². The van der Waals surface area contributed by atoms with Gasteiger partial charge in [-0.2, -0.15) is 0 Å². The van der Waals surface area contributed by atoms with E-state index in [2.05, 4.69) is 26.2 Å². The Morgan fingerprint density at radius 2 is 1.90 bits per heavy atom.